The zero-order chi connectivity index (χ0) is 12.4. The third kappa shape index (κ3) is 2.60. The van der Waals surface area contributed by atoms with Gasteiger partial charge < -0.3 is 10.1 Å². The highest BCUT2D eigenvalue weighted by atomic mass is 16.5. The molecule has 1 spiro atoms. The van der Waals surface area contributed by atoms with Crippen molar-refractivity contribution >= 4 is 0 Å². The number of rotatable bonds is 5. The summed E-state index contributed by atoms with van der Waals surface area (Å²) < 4.78 is 6.08. The Hall–Kier alpha value is -0.0800. The van der Waals surface area contributed by atoms with E-state index in [1.165, 1.54) is 57.8 Å². The van der Waals surface area contributed by atoms with Gasteiger partial charge >= 0.3 is 0 Å². The molecular weight excluding hydrogens is 222 g/mol. The van der Waals surface area contributed by atoms with Crippen molar-refractivity contribution in [1.29, 1.82) is 0 Å². The van der Waals surface area contributed by atoms with Gasteiger partial charge in [-0.3, -0.25) is 0 Å². The monoisotopic (exact) mass is 251 g/mol. The van der Waals surface area contributed by atoms with Gasteiger partial charge in [0.15, 0.2) is 0 Å². The van der Waals surface area contributed by atoms with E-state index < -0.39 is 0 Å². The third-order valence-corrected chi connectivity index (χ3v) is 5.64. The van der Waals surface area contributed by atoms with Gasteiger partial charge in [-0.1, -0.05) is 26.2 Å². The molecule has 1 N–H and O–H groups in total. The molecule has 3 rings (SSSR count). The van der Waals surface area contributed by atoms with Crippen LogP contribution in [-0.4, -0.2) is 24.8 Å². The van der Waals surface area contributed by atoms with Gasteiger partial charge in [0.2, 0.25) is 0 Å². The summed E-state index contributed by atoms with van der Waals surface area (Å²) >= 11 is 0. The van der Waals surface area contributed by atoms with Crippen LogP contribution >= 0.6 is 0 Å². The van der Waals surface area contributed by atoms with Crippen LogP contribution in [-0.2, 0) is 4.74 Å². The summed E-state index contributed by atoms with van der Waals surface area (Å²) in [7, 11) is 0. The van der Waals surface area contributed by atoms with Crippen LogP contribution in [0, 0.1) is 11.8 Å². The summed E-state index contributed by atoms with van der Waals surface area (Å²) in [4.78, 5) is 0. The Morgan fingerprint density at radius 1 is 1.22 bits per heavy atom. The Morgan fingerprint density at radius 2 is 2.06 bits per heavy atom. The molecule has 2 aliphatic carbocycles. The first-order chi connectivity index (χ1) is 8.81. The van der Waals surface area contributed by atoms with Crippen molar-refractivity contribution in [3.05, 3.63) is 0 Å². The van der Waals surface area contributed by atoms with Gasteiger partial charge in [-0.15, -0.1) is 0 Å². The lowest BCUT2D eigenvalue weighted by molar-refractivity contribution is -0.148. The third-order valence-electron chi connectivity index (χ3n) is 5.64. The van der Waals surface area contributed by atoms with E-state index in [4.69, 9.17) is 4.74 Å². The molecule has 0 aromatic rings. The molecule has 3 fully saturated rings. The normalized spacial score (nSPS) is 32.8. The average Bonchev–Trinajstić information content (AvgIpc) is 2.30. The number of hydrogen-bond donors (Lipinski definition) is 1. The smallest absolute Gasteiger partial charge is 0.0685 e. The van der Waals surface area contributed by atoms with Crippen LogP contribution in [0.2, 0.25) is 0 Å². The molecule has 104 valence electrons. The maximum Gasteiger partial charge on any atom is 0.0685 e. The molecule has 1 aliphatic heterocycles. The molecule has 18 heavy (non-hydrogen) atoms. The lowest BCUT2D eigenvalue weighted by Gasteiger charge is -2.49. The van der Waals surface area contributed by atoms with E-state index in [2.05, 4.69) is 12.2 Å². The summed E-state index contributed by atoms with van der Waals surface area (Å²) in [5, 5.41) is 3.78. The Labute approximate surface area is 112 Å². The van der Waals surface area contributed by atoms with Gasteiger partial charge in [-0.2, -0.15) is 0 Å². The van der Waals surface area contributed by atoms with E-state index in [0.717, 1.165) is 31.0 Å². The molecule has 1 saturated heterocycles. The van der Waals surface area contributed by atoms with Crippen LogP contribution in [0.25, 0.3) is 0 Å². The Bertz CT molecular complexity index is 268. The number of nitrogens with one attached hydrogen (secondary N) is 1. The van der Waals surface area contributed by atoms with Crippen LogP contribution in [0.3, 0.4) is 0 Å². The summed E-state index contributed by atoms with van der Waals surface area (Å²) in [6, 6.07) is 0.765. The quantitative estimate of drug-likeness (QED) is 0.807. The zero-order valence-electron chi connectivity index (χ0n) is 11.9. The topological polar surface area (TPSA) is 21.3 Å². The van der Waals surface area contributed by atoms with Gasteiger partial charge in [0.25, 0.3) is 0 Å². The largest absolute Gasteiger partial charge is 0.375 e. The Morgan fingerprint density at radius 3 is 2.61 bits per heavy atom. The van der Waals surface area contributed by atoms with Gasteiger partial charge in [0.1, 0.15) is 0 Å². The maximum absolute atomic E-state index is 6.08. The SMILES string of the molecule is CCNC(CC1CCC1)C1CCOC2(CCC2)C1. The van der Waals surface area contributed by atoms with Gasteiger partial charge in [0, 0.05) is 12.6 Å². The molecule has 2 atom stereocenters. The first-order valence-corrected chi connectivity index (χ1v) is 8.19. The van der Waals surface area contributed by atoms with Crippen LogP contribution < -0.4 is 5.32 Å². The second-order valence-electron chi connectivity index (χ2n) is 6.83. The highest BCUT2D eigenvalue weighted by molar-refractivity contribution is 4.97. The predicted octanol–water partition coefficient (Wildman–Crippen LogP) is 3.50. The highest BCUT2D eigenvalue weighted by Gasteiger charge is 2.44. The molecule has 0 amide bonds. The van der Waals surface area contributed by atoms with Crippen LogP contribution in [0.4, 0.5) is 0 Å². The minimum Gasteiger partial charge on any atom is -0.375 e. The summed E-state index contributed by atoms with van der Waals surface area (Å²) in [6.45, 7) is 4.39. The van der Waals surface area contributed by atoms with E-state index in [9.17, 15) is 0 Å². The Balaban J connectivity index is 1.57. The molecule has 2 unspecified atom stereocenters. The molecule has 1 heterocycles. The number of ether oxygens (including phenoxy) is 1. The fraction of sp³-hybridized carbons (Fsp3) is 1.00. The summed E-state index contributed by atoms with van der Waals surface area (Å²) in [6.07, 6.45) is 12.5. The van der Waals surface area contributed by atoms with Crippen molar-refractivity contribution < 1.29 is 4.74 Å². The summed E-state index contributed by atoms with van der Waals surface area (Å²) in [5.74, 6) is 1.90. The standard InChI is InChI=1S/C16H29NO/c1-2-17-15(11-13-5-3-6-13)14-7-10-18-16(12-14)8-4-9-16/h13-15,17H,2-12H2,1H3. The molecule has 2 heteroatoms. The van der Waals surface area contributed by atoms with E-state index >= 15 is 0 Å². The summed E-state index contributed by atoms with van der Waals surface area (Å²) in [5.41, 5.74) is 0.316. The van der Waals surface area contributed by atoms with Crippen LogP contribution in [0.1, 0.15) is 64.7 Å². The van der Waals surface area contributed by atoms with Crippen LogP contribution in [0.15, 0.2) is 0 Å². The molecule has 0 radical (unpaired) electrons. The maximum atomic E-state index is 6.08. The van der Waals surface area contributed by atoms with Crippen molar-refractivity contribution in [3.63, 3.8) is 0 Å². The van der Waals surface area contributed by atoms with E-state index in [1.54, 1.807) is 0 Å². The van der Waals surface area contributed by atoms with Crippen molar-refractivity contribution in [2.75, 3.05) is 13.2 Å². The second-order valence-corrected chi connectivity index (χ2v) is 6.83. The van der Waals surface area contributed by atoms with Crippen molar-refractivity contribution in [2.24, 2.45) is 11.8 Å². The molecule has 2 saturated carbocycles. The van der Waals surface area contributed by atoms with E-state index in [1.807, 2.05) is 0 Å². The van der Waals surface area contributed by atoms with E-state index in [0.29, 0.717) is 5.60 Å². The predicted molar refractivity (Wildman–Crippen MR) is 74.7 cm³/mol. The molecule has 0 aromatic carbocycles. The minimum atomic E-state index is 0.316. The fourth-order valence-corrected chi connectivity index (χ4v) is 4.12. The van der Waals surface area contributed by atoms with Gasteiger partial charge in [-0.25, -0.2) is 0 Å². The van der Waals surface area contributed by atoms with Gasteiger partial charge in [0.05, 0.1) is 5.60 Å². The highest BCUT2D eigenvalue weighted by Crippen LogP contribution is 2.46. The average molecular weight is 251 g/mol. The first-order valence-electron chi connectivity index (χ1n) is 8.19. The zero-order valence-corrected chi connectivity index (χ0v) is 11.9. The van der Waals surface area contributed by atoms with Crippen molar-refractivity contribution in [1.82, 2.24) is 5.32 Å². The molecule has 3 aliphatic rings. The lowest BCUT2D eigenvalue weighted by Crippen LogP contribution is -2.50. The van der Waals surface area contributed by atoms with E-state index in [-0.39, 0.29) is 0 Å². The minimum absolute atomic E-state index is 0.316. The molecule has 0 aromatic heterocycles. The van der Waals surface area contributed by atoms with Gasteiger partial charge in [-0.05, 0) is 56.9 Å². The first kappa shape index (κ1) is 12.9. The second kappa shape index (κ2) is 5.50. The van der Waals surface area contributed by atoms with Crippen molar-refractivity contribution in [3.8, 4) is 0 Å². The van der Waals surface area contributed by atoms with Crippen LogP contribution in [0.5, 0.6) is 0 Å². The number of hydrogen-bond acceptors (Lipinski definition) is 2. The fourth-order valence-electron chi connectivity index (χ4n) is 4.12. The lowest BCUT2D eigenvalue weighted by atomic mass is 9.68. The van der Waals surface area contributed by atoms with Crippen molar-refractivity contribution in [2.45, 2.75) is 76.4 Å². The molecular formula is C16H29NO. The Kier molecular flexibility index (Phi) is 3.95. The molecule has 2 nitrogen and oxygen atoms in total. The molecule has 0 bridgehead atoms.